The molecule has 0 saturated carbocycles. The molecule has 1 saturated heterocycles. The Morgan fingerprint density at radius 1 is 1.30 bits per heavy atom. The van der Waals surface area contributed by atoms with Crippen molar-refractivity contribution >= 4 is 28.2 Å². The zero-order chi connectivity index (χ0) is 26.1. The summed E-state index contributed by atoms with van der Waals surface area (Å²) in [6.45, 7) is 1.04. The molecule has 5 rings (SSSR count). The van der Waals surface area contributed by atoms with Gasteiger partial charge in [-0.15, -0.1) is 0 Å². The summed E-state index contributed by atoms with van der Waals surface area (Å²) in [7, 11) is 1.40. The number of nitrogens with one attached hydrogen (secondary N) is 1. The molecular weight excluding hydrogens is 484 g/mol. The third kappa shape index (κ3) is 4.56. The van der Waals surface area contributed by atoms with Crippen LogP contribution in [-0.4, -0.2) is 63.6 Å². The monoisotopic (exact) mass is 509 g/mol. The standard InChI is InChI=1S/C25H25F2N7O3/c1-37-20-4-2-3-16(26)21(20)24-29-7-5-18(31-24)25(36)32-19-11-17(27)22-15(12-30-34(22)9-10-35)23(19)33-8-6-14(28)13-33/h2-5,7,11-12,14,35H,6,8-10,13,28H2,1H3,(H,32,36). The number of carbonyl (C=O) groups excluding carboxylic acids is 1. The molecule has 1 fully saturated rings. The van der Waals surface area contributed by atoms with Gasteiger partial charge in [-0.3, -0.25) is 9.48 Å². The van der Waals surface area contributed by atoms with Crippen molar-refractivity contribution in [2.45, 2.75) is 19.0 Å². The number of amides is 1. The number of nitrogens with zero attached hydrogens (tertiary/aromatic N) is 5. The summed E-state index contributed by atoms with van der Waals surface area (Å²) in [5, 5.41) is 16.8. The molecule has 1 aliphatic heterocycles. The van der Waals surface area contributed by atoms with Gasteiger partial charge in [0.15, 0.2) is 11.6 Å². The molecule has 12 heteroatoms. The summed E-state index contributed by atoms with van der Waals surface area (Å²) in [6, 6.07) is 6.83. The number of hydrogen-bond donors (Lipinski definition) is 3. The van der Waals surface area contributed by atoms with E-state index < -0.39 is 17.5 Å². The first-order valence-electron chi connectivity index (χ1n) is 11.7. The summed E-state index contributed by atoms with van der Waals surface area (Å²) < 4.78 is 36.4. The van der Waals surface area contributed by atoms with Gasteiger partial charge in [0.05, 0.1) is 43.4 Å². The lowest BCUT2D eigenvalue weighted by molar-refractivity contribution is 0.102. The molecule has 3 heterocycles. The minimum atomic E-state index is -0.634. The molecule has 37 heavy (non-hydrogen) atoms. The average Bonchev–Trinajstić information content (AvgIpc) is 3.51. The highest BCUT2D eigenvalue weighted by atomic mass is 19.1. The maximum absolute atomic E-state index is 15.3. The Morgan fingerprint density at radius 3 is 2.86 bits per heavy atom. The van der Waals surface area contributed by atoms with E-state index in [0.29, 0.717) is 24.2 Å². The van der Waals surface area contributed by atoms with Crippen molar-refractivity contribution < 1.29 is 23.4 Å². The molecule has 4 aromatic rings. The Kier molecular flexibility index (Phi) is 6.68. The second-order valence-electron chi connectivity index (χ2n) is 8.64. The van der Waals surface area contributed by atoms with Crippen LogP contribution in [0.4, 0.5) is 20.2 Å². The number of nitrogens with two attached hydrogens (primary N) is 1. The van der Waals surface area contributed by atoms with Crippen molar-refractivity contribution in [2.24, 2.45) is 5.73 Å². The molecule has 2 aromatic heterocycles. The number of ether oxygens (including phenoxy) is 1. The van der Waals surface area contributed by atoms with Gasteiger partial charge >= 0.3 is 0 Å². The fourth-order valence-electron chi connectivity index (χ4n) is 4.59. The molecule has 0 radical (unpaired) electrons. The fourth-order valence-corrected chi connectivity index (χ4v) is 4.59. The Labute approximate surface area is 210 Å². The number of hydrogen-bond acceptors (Lipinski definition) is 8. The number of aliphatic hydroxyl groups excluding tert-OH is 1. The van der Waals surface area contributed by atoms with Crippen LogP contribution < -0.4 is 20.7 Å². The van der Waals surface area contributed by atoms with E-state index in [0.717, 1.165) is 6.42 Å². The van der Waals surface area contributed by atoms with Gasteiger partial charge in [0.1, 0.15) is 22.8 Å². The third-order valence-electron chi connectivity index (χ3n) is 6.26. The van der Waals surface area contributed by atoms with Gasteiger partial charge in [-0.1, -0.05) is 6.07 Å². The number of halogens is 2. The third-order valence-corrected chi connectivity index (χ3v) is 6.26. The lowest BCUT2D eigenvalue weighted by atomic mass is 10.1. The van der Waals surface area contributed by atoms with E-state index in [4.69, 9.17) is 10.5 Å². The normalized spacial score (nSPS) is 15.4. The summed E-state index contributed by atoms with van der Waals surface area (Å²) in [5.41, 5.74) is 7.12. The number of benzene rings is 2. The van der Waals surface area contributed by atoms with E-state index in [-0.39, 0.29) is 53.2 Å². The number of rotatable bonds is 7. The topological polar surface area (TPSA) is 131 Å². The number of anilines is 2. The summed E-state index contributed by atoms with van der Waals surface area (Å²) in [5.74, 6) is -1.65. The van der Waals surface area contributed by atoms with Crippen LogP contribution in [-0.2, 0) is 6.54 Å². The molecule has 192 valence electrons. The van der Waals surface area contributed by atoms with Crippen molar-refractivity contribution in [2.75, 3.05) is 37.0 Å². The lowest BCUT2D eigenvalue weighted by Gasteiger charge is -2.23. The Bertz CT molecular complexity index is 1480. The van der Waals surface area contributed by atoms with Crippen molar-refractivity contribution in [3.05, 3.63) is 60.1 Å². The van der Waals surface area contributed by atoms with Gasteiger partial charge in [-0.25, -0.2) is 18.7 Å². The largest absolute Gasteiger partial charge is 0.496 e. The summed E-state index contributed by atoms with van der Waals surface area (Å²) in [4.78, 5) is 23.6. The number of carbonyl (C=O) groups is 1. The average molecular weight is 510 g/mol. The highest BCUT2D eigenvalue weighted by Gasteiger charge is 2.27. The van der Waals surface area contributed by atoms with E-state index in [1.54, 1.807) is 6.07 Å². The van der Waals surface area contributed by atoms with Gasteiger partial charge in [-0.2, -0.15) is 5.10 Å². The smallest absolute Gasteiger partial charge is 0.274 e. The van der Waals surface area contributed by atoms with E-state index in [1.807, 2.05) is 4.90 Å². The number of fused-ring (bicyclic) bond motifs is 1. The molecular formula is C25H25F2N7O3. The van der Waals surface area contributed by atoms with Crippen LogP contribution in [0.3, 0.4) is 0 Å². The molecule has 2 aromatic carbocycles. The number of methoxy groups -OCH3 is 1. The van der Waals surface area contributed by atoms with E-state index in [2.05, 4.69) is 20.4 Å². The molecule has 1 aliphatic rings. The van der Waals surface area contributed by atoms with Gasteiger partial charge in [0.25, 0.3) is 5.91 Å². The minimum Gasteiger partial charge on any atom is -0.496 e. The van der Waals surface area contributed by atoms with E-state index >= 15 is 4.39 Å². The van der Waals surface area contributed by atoms with Gasteiger partial charge < -0.3 is 25.8 Å². The molecule has 1 unspecified atom stereocenters. The highest BCUT2D eigenvalue weighted by Crippen LogP contribution is 2.38. The zero-order valence-corrected chi connectivity index (χ0v) is 20.0. The number of aliphatic hydroxyl groups is 1. The van der Waals surface area contributed by atoms with Crippen LogP contribution in [0.5, 0.6) is 5.75 Å². The highest BCUT2D eigenvalue weighted by molar-refractivity contribution is 6.09. The summed E-state index contributed by atoms with van der Waals surface area (Å²) in [6.07, 6.45) is 3.58. The second kappa shape index (κ2) is 10.1. The van der Waals surface area contributed by atoms with Crippen LogP contribution in [0.15, 0.2) is 42.7 Å². The molecule has 1 atom stereocenters. The van der Waals surface area contributed by atoms with Gasteiger partial charge in [-0.05, 0) is 24.6 Å². The van der Waals surface area contributed by atoms with Crippen molar-refractivity contribution in [1.82, 2.24) is 19.7 Å². The predicted octanol–water partition coefficient (Wildman–Crippen LogP) is 2.56. The molecule has 4 N–H and O–H groups in total. The molecule has 0 spiro atoms. The molecule has 0 aliphatic carbocycles. The first kappa shape index (κ1) is 24.5. The van der Waals surface area contributed by atoms with Crippen LogP contribution in [0.1, 0.15) is 16.9 Å². The first-order chi connectivity index (χ1) is 17.9. The lowest BCUT2D eigenvalue weighted by Crippen LogP contribution is -2.27. The SMILES string of the molecule is COc1cccc(F)c1-c1nccc(C(=O)Nc2cc(F)c3c(cnn3CCO)c2N2CCC(N)C2)n1. The van der Waals surface area contributed by atoms with E-state index in [9.17, 15) is 14.3 Å². The zero-order valence-electron chi connectivity index (χ0n) is 20.0. The minimum absolute atomic E-state index is 0.0233. The Hall–Kier alpha value is -4.16. The summed E-state index contributed by atoms with van der Waals surface area (Å²) >= 11 is 0. The molecule has 0 bridgehead atoms. The quantitative estimate of drug-likeness (QED) is 0.347. The van der Waals surface area contributed by atoms with Crippen LogP contribution in [0, 0.1) is 11.6 Å². The van der Waals surface area contributed by atoms with Crippen LogP contribution >= 0.6 is 0 Å². The van der Waals surface area contributed by atoms with Crippen LogP contribution in [0.25, 0.3) is 22.3 Å². The van der Waals surface area contributed by atoms with E-state index in [1.165, 1.54) is 48.5 Å². The second-order valence-corrected chi connectivity index (χ2v) is 8.64. The Morgan fingerprint density at radius 2 is 2.14 bits per heavy atom. The fraction of sp³-hybridized carbons (Fsp3) is 0.280. The van der Waals surface area contributed by atoms with Crippen molar-refractivity contribution in [3.8, 4) is 17.1 Å². The maximum Gasteiger partial charge on any atom is 0.274 e. The molecule has 1 amide bonds. The molecule has 10 nitrogen and oxygen atoms in total. The Balaban J connectivity index is 1.55. The van der Waals surface area contributed by atoms with Crippen molar-refractivity contribution in [1.29, 1.82) is 0 Å². The number of aromatic nitrogens is 4. The first-order valence-corrected chi connectivity index (χ1v) is 11.7. The maximum atomic E-state index is 15.3. The van der Waals surface area contributed by atoms with Crippen molar-refractivity contribution in [3.63, 3.8) is 0 Å². The van der Waals surface area contributed by atoms with Crippen LogP contribution in [0.2, 0.25) is 0 Å². The predicted molar refractivity (Wildman–Crippen MR) is 134 cm³/mol. The van der Waals surface area contributed by atoms with Gasteiger partial charge in [0, 0.05) is 36.8 Å². The van der Waals surface area contributed by atoms with Gasteiger partial charge in [0.2, 0.25) is 0 Å².